The highest BCUT2D eigenvalue weighted by atomic mass is 32.2. The lowest BCUT2D eigenvalue weighted by Gasteiger charge is -2.08. The van der Waals surface area contributed by atoms with Crippen LogP contribution in [0.3, 0.4) is 0 Å². The van der Waals surface area contributed by atoms with Crippen molar-refractivity contribution in [2.45, 2.75) is 11.8 Å². The molecule has 2 rings (SSSR count). The lowest BCUT2D eigenvalue weighted by atomic mass is 10.2. The summed E-state index contributed by atoms with van der Waals surface area (Å²) in [6.07, 6.45) is 0. The van der Waals surface area contributed by atoms with Crippen LogP contribution in [0.4, 0.5) is 0 Å². The van der Waals surface area contributed by atoms with Crippen LogP contribution in [0.1, 0.15) is 11.1 Å². The standard InChI is InChI=1S/C19H18O4S/c1-14-12-17(9-10-18(14)23-13-19(20)21)24-11-3-4-15-5-7-16(22-2)8-6-15/h5-10,12H,11,13H2,1-2H3,(H,20,21). The van der Waals surface area contributed by atoms with Crippen LogP contribution in [0, 0.1) is 18.8 Å². The van der Waals surface area contributed by atoms with Gasteiger partial charge in [-0.1, -0.05) is 11.8 Å². The van der Waals surface area contributed by atoms with Gasteiger partial charge in [0.2, 0.25) is 0 Å². The second-order valence-electron chi connectivity index (χ2n) is 4.93. The zero-order valence-electron chi connectivity index (χ0n) is 13.5. The molecular weight excluding hydrogens is 324 g/mol. The SMILES string of the molecule is COc1ccc(C#CCSc2ccc(OCC(=O)O)c(C)c2)cc1. The first-order valence-electron chi connectivity index (χ1n) is 7.29. The van der Waals surface area contributed by atoms with E-state index in [0.29, 0.717) is 11.5 Å². The molecule has 4 nitrogen and oxygen atoms in total. The van der Waals surface area contributed by atoms with E-state index in [1.807, 2.05) is 43.3 Å². The van der Waals surface area contributed by atoms with Crippen molar-refractivity contribution in [1.82, 2.24) is 0 Å². The highest BCUT2D eigenvalue weighted by Crippen LogP contribution is 2.25. The molecule has 0 aromatic heterocycles. The summed E-state index contributed by atoms with van der Waals surface area (Å²) in [6.45, 7) is 1.56. The first-order chi connectivity index (χ1) is 11.6. The molecule has 0 bridgehead atoms. The number of carbonyl (C=O) groups is 1. The normalized spacial score (nSPS) is 9.75. The number of ether oxygens (including phenoxy) is 2. The number of benzene rings is 2. The third kappa shape index (κ3) is 5.56. The lowest BCUT2D eigenvalue weighted by Crippen LogP contribution is -2.09. The van der Waals surface area contributed by atoms with Crippen molar-refractivity contribution in [3.05, 3.63) is 53.6 Å². The van der Waals surface area contributed by atoms with E-state index in [0.717, 1.165) is 21.8 Å². The minimum atomic E-state index is -0.985. The highest BCUT2D eigenvalue weighted by Gasteiger charge is 2.04. The number of methoxy groups -OCH3 is 1. The van der Waals surface area contributed by atoms with Crippen LogP contribution in [0.15, 0.2) is 47.4 Å². The Hall–Kier alpha value is -2.58. The molecule has 0 radical (unpaired) electrons. The van der Waals surface area contributed by atoms with Gasteiger partial charge in [-0.25, -0.2) is 4.79 Å². The smallest absolute Gasteiger partial charge is 0.341 e. The number of carboxylic acids is 1. The van der Waals surface area contributed by atoms with Gasteiger partial charge in [-0.05, 0) is 55.0 Å². The van der Waals surface area contributed by atoms with Gasteiger partial charge in [-0.2, -0.15) is 0 Å². The van der Waals surface area contributed by atoms with Gasteiger partial charge in [-0.15, -0.1) is 11.8 Å². The molecule has 24 heavy (non-hydrogen) atoms. The van der Waals surface area contributed by atoms with Gasteiger partial charge in [0.15, 0.2) is 6.61 Å². The molecule has 5 heteroatoms. The van der Waals surface area contributed by atoms with Crippen molar-refractivity contribution < 1.29 is 19.4 Å². The molecule has 0 fully saturated rings. The van der Waals surface area contributed by atoms with Crippen molar-refractivity contribution in [3.63, 3.8) is 0 Å². The maximum Gasteiger partial charge on any atom is 0.341 e. The molecule has 2 aromatic rings. The molecule has 0 saturated carbocycles. The van der Waals surface area contributed by atoms with Crippen LogP contribution in [0.25, 0.3) is 0 Å². The lowest BCUT2D eigenvalue weighted by molar-refractivity contribution is -0.139. The summed E-state index contributed by atoms with van der Waals surface area (Å²) in [6, 6.07) is 13.3. The third-order valence-electron chi connectivity index (χ3n) is 3.13. The Morgan fingerprint density at radius 3 is 2.58 bits per heavy atom. The van der Waals surface area contributed by atoms with Crippen LogP contribution in [-0.2, 0) is 4.79 Å². The van der Waals surface area contributed by atoms with Crippen molar-refractivity contribution in [2.75, 3.05) is 19.5 Å². The summed E-state index contributed by atoms with van der Waals surface area (Å²) in [5.74, 6) is 7.32. The van der Waals surface area contributed by atoms with Gasteiger partial charge in [0.1, 0.15) is 11.5 Å². The molecule has 1 N–H and O–H groups in total. The molecule has 0 heterocycles. The van der Waals surface area contributed by atoms with Gasteiger partial charge < -0.3 is 14.6 Å². The van der Waals surface area contributed by atoms with E-state index in [-0.39, 0.29) is 6.61 Å². The predicted molar refractivity (Wildman–Crippen MR) is 94.9 cm³/mol. The quantitative estimate of drug-likeness (QED) is 0.642. The molecule has 0 atom stereocenters. The monoisotopic (exact) mass is 342 g/mol. The molecule has 0 unspecified atom stereocenters. The molecule has 0 aliphatic rings. The van der Waals surface area contributed by atoms with Gasteiger partial charge in [-0.3, -0.25) is 0 Å². The Morgan fingerprint density at radius 1 is 1.21 bits per heavy atom. The summed E-state index contributed by atoms with van der Waals surface area (Å²) >= 11 is 1.62. The molecular formula is C19H18O4S. The second-order valence-corrected chi connectivity index (χ2v) is 5.98. The minimum absolute atomic E-state index is 0.333. The van der Waals surface area contributed by atoms with Crippen LogP contribution in [0.5, 0.6) is 11.5 Å². The maximum absolute atomic E-state index is 10.5. The van der Waals surface area contributed by atoms with Gasteiger partial charge in [0.25, 0.3) is 0 Å². The molecule has 0 saturated heterocycles. The first-order valence-corrected chi connectivity index (χ1v) is 8.28. The molecule has 0 aliphatic heterocycles. The minimum Gasteiger partial charge on any atom is -0.497 e. The second kappa shape index (κ2) is 8.90. The average molecular weight is 342 g/mol. The van der Waals surface area contributed by atoms with Crippen molar-refractivity contribution >= 4 is 17.7 Å². The summed E-state index contributed by atoms with van der Waals surface area (Å²) in [5, 5.41) is 8.64. The molecule has 0 amide bonds. The zero-order valence-corrected chi connectivity index (χ0v) is 14.4. The van der Waals surface area contributed by atoms with Crippen LogP contribution in [0.2, 0.25) is 0 Å². The Morgan fingerprint density at radius 2 is 1.96 bits per heavy atom. The van der Waals surface area contributed by atoms with E-state index >= 15 is 0 Å². The molecule has 0 spiro atoms. The number of carboxylic acid groups (broad SMARTS) is 1. The largest absolute Gasteiger partial charge is 0.497 e. The number of hydrogen-bond acceptors (Lipinski definition) is 4. The summed E-state index contributed by atoms with van der Waals surface area (Å²) in [4.78, 5) is 11.6. The Labute approximate surface area is 145 Å². The Bertz CT molecular complexity index is 757. The molecule has 124 valence electrons. The van der Waals surface area contributed by atoms with Crippen LogP contribution >= 0.6 is 11.8 Å². The highest BCUT2D eigenvalue weighted by molar-refractivity contribution is 7.99. The Balaban J connectivity index is 1.89. The average Bonchev–Trinajstić information content (AvgIpc) is 2.58. The van der Waals surface area contributed by atoms with Crippen molar-refractivity contribution in [2.24, 2.45) is 0 Å². The summed E-state index contributed by atoms with van der Waals surface area (Å²) < 4.78 is 10.3. The van der Waals surface area contributed by atoms with E-state index in [4.69, 9.17) is 14.6 Å². The van der Waals surface area contributed by atoms with Crippen LogP contribution < -0.4 is 9.47 Å². The van der Waals surface area contributed by atoms with E-state index < -0.39 is 5.97 Å². The molecule has 0 aliphatic carbocycles. The van der Waals surface area contributed by atoms with Crippen molar-refractivity contribution in [3.8, 4) is 23.3 Å². The van der Waals surface area contributed by atoms with E-state index in [9.17, 15) is 4.79 Å². The van der Waals surface area contributed by atoms with E-state index in [1.165, 1.54) is 0 Å². The van der Waals surface area contributed by atoms with Crippen molar-refractivity contribution in [1.29, 1.82) is 0 Å². The number of aryl methyl sites for hydroxylation is 1. The fourth-order valence-electron chi connectivity index (χ4n) is 1.95. The van der Waals surface area contributed by atoms with Gasteiger partial charge >= 0.3 is 5.97 Å². The zero-order chi connectivity index (χ0) is 17.4. The topological polar surface area (TPSA) is 55.8 Å². The number of thioether (sulfide) groups is 1. The van der Waals surface area contributed by atoms with Crippen LogP contribution in [-0.4, -0.2) is 30.5 Å². The van der Waals surface area contributed by atoms with E-state index in [1.54, 1.807) is 24.9 Å². The fourth-order valence-corrected chi connectivity index (χ4v) is 2.68. The summed E-state index contributed by atoms with van der Waals surface area (Å²) in [5.41, 5.74) is 1.86. The fraction of sp³-hybridized carbons (Fsp3) is 0.211. The number of hydrogen-bond donors (Lipinski definition) is 1. The van der Waals surface area contributed by atoms with Gasteiger partial charge in [0.05, 0.1) is 12.9 Å². The third-order valence-corrected chi connectivity index (χ3v) is 4.01. The first kappa shape index (κ1) is 17.8. The predicted octanol–water partition coefficient (Wildman–Crippen LogP) is 3.61. The molecule has 2 aromatic carbocycles. The van der Waals surface area contributed by atoms with E-state index in [2.05, 4.69) is 11.8 Å². The number of rotatable bonds is 6. The Kier molecular flexibility index (Phi) is 6.59. The van der Waals surface area contributed by atoms with Gasteiger partial charge in [0, 0.05) is 10.5 Å². The maximum atomic E-state index is 10.5. The number of aliphatic carboxylic acids is 1. The summed E-state index contributed by atoms with van der Waals surface area (Å²) in [7, 11) is 1.64.